The number of rotatable bonds is 2. The molecule has 0 spiro atoms. The van der Waals surface area contributed by atoms with Gasteiger partial charge in [-0.25, -0.2) is 0 Å². The molecule has 0 aromatic heterocycles. The van der Waals surface area contributed by atoms with Crippen molar-refractivity contribution < 1.29 is 0 Å². The average Bonchev–Trinajstić information content (AvgIpc) is 2.92. The maximum Gasteiger partial charge on any atom is -0.00200 e. The molecule has 0 bridgehead atoms. The number of aryl methyl sites for hydroxylation is 4. The zero-order valence-corrected chi connectivity index (χ0v) is 21.2. The molecule has 0 saturated heterocycles. The fraction of sp³-hybridized carbons (Fsp3) is 0.105. The molecule has 9 rings (SSSR count). The Bertz CT molecular complexity index is 2070. The van der Waals surface area contributed by atoms with Crippen LogP contribution in [0.15, 0.2) is 109 Å². The van der Waals surface area contributed by atoms with Crippen molar-refractivity contribution in [2.45, 2.75) is 25.7 Å². The predicted octanol–water partition coefficient (Wildman–Crippen LogP) is 9.83. The zero-order valence-electron chi connectivity index (χ0n) is 21.2. The van der Waals surface area contributed by atoms with Gasteiger partial charge in [0, 0.05) is 0 Å². The van der Waals surface area contributed by atoms with Gasteiger partial charge in [-0.15, -0.1) is 0 Å². The normalized spacial score (nSPS) is 13.9. The maximum absolute atomic E-state index is 2.49. The summed E-state index contributed by atoms with van der Waals surface area (Å²) in [4.78, 5) is 0. The molecule has 0 heteroatoms. The third kappa shape index (κ3) is 2.65. The summed E-state index contributed by atoms with van der Waals surface area (Å²) >= 11 is 0. The molecule has 0 radical (unpaired) electrons. The van der Waals surface area contributed by atoms with Gasteiger partial charge in [-0.3, -0.25) is 0 Å². The summed E-state index contributed by atoms with van der Waals surface area (Å²) in [6.07, 6.45) is 4.79. The Balaban J connectivity index is 1.46. The first-order chi connectivity index (χ1) is 18.9. The lowest BCUT2D eigenvalue weighted by atomic mass is 9.78. The first kappa shape index (κ1) is 20.6. The van der Waals surface area contributed by atoms with Gasteiger partial charge < -0.3 is 0 Å². The molecule has 7 aromatic carbocycles. The molecule has 0 atom stereocenters. The summed E-state index contributed by atoms with van der Waals surface area (Å²) in [5.74, 6) is 0. The Morgan fingerprint density at radius 2 is 0.789 bits per heavy atom. The minimum atomic E-state index is 1.18. The highest BCUT2D eigenvalue weighted by molar-refractivity contribution is 6.25. The van der Waals surface area contributed by atoms with Crippen LogP contribution in [-0.2, 0) is 25.7 Å². The molecule has 0 aliphatic heterocycles. The highest BCUT2D eigenvalue weighted by atomic mass is 14.3. The van der Waals surface area contributed by atoms with E-state index in [-0.39, 0.29) is 0 Å². The average molecular weight is 483 g/mol. The third-order valence-electron chi connectivity index (χ3n) is 9.28. The standard InChI is InChI=1S/C38H26/c1-2-9-29-27(8-1)26-20-18-24(26)22-36(29)38-34-12-5-3-10-32(34)37(33-11-4-6-13-35(33)38)31-15-7-14-28-25-19-16-23(25)17-21-30(28)31/h1-15,17,21-22H,16,18-20H2. The van der Waals surface area contributed by atoms with E-state index in [0.717, 1.165) is 0 Å². The minimum absolute atomic E-state index is 1.18. The van der Waals surface area contributed by atoms with Crippen molar-refractivity contribution in [1.82, 2.24) is 0 Å². The van der Waals surface area contributed by atoms with Gasteiger partial charge in [0.1, 0.15) is 0 Å². The van der Waals surface area contributed by atoms with E-state index in [1.807, 2.05) is 0 Å². The van der Waals surface area contributed by atoms with E-state index < -0.39 is 0 Å². The summed E-state index contributed by atoms with van der Waals surface area (Å²) in [6, 6.07) is 41.4. The van der Waals surface area contributed by atoms with Gasteiger partial charge in [-0.1, -0.05) is 109 Å². The van der Waals surface area contributed by atoms with Crippen LogP contribution >= 0.6 is 0 Å². The quantitative estimate of drug-likeness (QED) is 0.215. The molecule has 0 fully saturated rings. The van der Waals surface area contributed by atoms with E-state index in [9.17, 15) is 0 Å². The molecular formula is C38H26. The van der Waals surface area contributed by atoms with Gasteiger partial charge in [0.15, 0.2) is 0 Å². The third-order valence-corrected chi connectivity index (χ3v) is 9.28. The predicted molar refractivity (Wildman–Crippen MR) is 162 cm³/mol. The van der Waals surface area contributed by atoms with Gasteiger partial charge in [0.25, 0.3) is 0 Å². The zero-order chi connectivity index (χ0) is 24.8. The Morgan fingerprint density at radius 1 is 0.316 bits per heavy atom. The van der Waals surface area contributed by atoms with Crippen molar-refractivity contribution in [2.75, 3.05) is 0 Å². The Hall–Kier alpha value is -4.42. The van der Waals surface area contributed by atoms with Crippen molar-refractivity contribution >= 4 is 43.1 Å². The van der Waals surface area contributed by atoms with Crippen LogP contribution in [0.2, 0.25) is 0 Å². The van der Waals surface area contributed by atoms with Crippen LogP contribution in [0.1, 0.15) is 22.3 Å². The van der Waals surface area contributed by atoms with E-state index in [2.05, 4.69) is 109 Å². The van der Waals surface area contributed by atoms with Gasteiger partial charge in [-0.2, -0.15) is 0 Å². The first-order valence-corrected chi connectivity index (χ1v) is 13.9. The molecule has 7 aromatic rings. The van der Waals surface area contributed by atoms with E-state index in [1.54, 1.807) is 11.1 Å². The van der Waals surface area contributed by atoms with Gasteiger partial charge in [0.2, 0.25) is 0 Å². The second-order valence-electron chi connectivity index (χ2n) is 11.1. The van der Waals surface area contributed by atoms with Crippen LogP contribution in [-0.4, -0.2) is 0 Å². The molecule has 0 N–H and O–H groups in total. The van der Waals surface area contributed by atoms with Crippen LogP contribution in [0, 0.1) is 0 Å². The highest BCUT2D eigenvalue weighted by Gasteiger charge is 2.24. The van der Waals surface area contributed by atoms with Crippen LogP contribution < -0.4 is 0 Å². The summed E-state index contributed by atoms with van der Waals surface area (Å²) in [5.41, 5.74) is 11.6. The number of hydrogen-bond acceptors (Lipinski definition) is 0. The first-order valence-electron chi connectivity index (χ1n) is 13.9. The van der Waals surface area contributed by atoms with E-state index in [1.165, 1.54) is 102 Å². The van der Waals surface area contributed by atoms with Crippen molar-refractivity contribution in [3.8, 4) is 22.3 Å². The molecule has 0 nitrogen and oxygen atoms in total. The van der Waals surface area contributed by atoms with Crippen molar-refractivity contribution in [3.05, 3.63) is 131 Å². The van der Waals surface area contributed by atoms with Gasteiger partial charge in [-0.05, 0) is 113 Å². The van der Waals surface area contributed by atoms with Crippen LogP contribution in [0.3, 0.4) is 0 Å². The molecule has 2 aliphatic carbocycles. The van der Waals surface area contributed by atoms with Crippen LogP contribution in [0.4, 0.5) is 0 Å². The smallest absolute Gasteiger partial charge is 0.00200 e. The molecule has 2 aliphatic rings. The summed E-state index contributed by atoms with van der Waals surface area (Å²) in [6.45, 7) is 0. The lowest BCUT2D eigenvalue weighted by Crippen LogP contribution is -2.09. The monoisotopic (exact) mass is 482 g/mol. The van der Waals surface area contributed by atoms with Crippen molar-refractivity contribution in [2.24, 2.45) is 0 Å². The second kappa shape index (κ2) is 7.55. The summed E-state index contributed by atoms with van der Waals surface area (Å²) in [5, 5.41) is 11.0. The highest BCUT2D eigenvalue weighted by Crippen LogP contribution is 2.48. The van der Waals surface area contributed by atoms with Crippen LogP contribution in [0.5, 0.6) is 0 Å². The Labute approximate surface area is 222 Å². The van der Waals surface area contributed by atoms with E-state index >= 15 is 0 Å². The van der Waals surface area contributed by atoms with Crippen LogP contribution in [0.25, 0.3) is 65.3 Å². The molecule has 178 valence electrons. The summed E-state index contributed by atoms with van der Waals surface area (Å²) in [7, 11) is 0. The largest absolute Gasteiger partial charge is 0.0616 e. The SMILES string of the molecule is c1ccc2c3c(cc(-c4c5ccccc5c(-c5cccc6c7c(ccc56)CC7)c5ccccc45)c2c1)CC3. The lowest BCUT2D eigenvalue weighted by Gasteiger charge is -2.26. The van der Waals surface area contributed by atoms with Gasteiger partial charge >= 0.3 is 0 Å². The van der Waals surface area contributed by atoms with Crippen molar-refractivity contribution in [3.63, 3.8) is 0 Å². The number of benzene rings is 7. The lowest BCUT2D eigenvalue weighted by molar-refractivity contribution is 0.852. The molecule has 0 amide bonds. The fourth-order valence-electron chi connectivity index (χ4n) is 7.31. The van der Waals surface area contributed by atoms with Crippen molar-refractivity contribution in [1.29, 1.82) is 0 Å². The molecule has 0 heterocycles. The topological polar surface area (TPSA) is 0 Å². The summed E-state index contributed by atoms with van der Waals surface area (Å²) < 4.78 is 0. The number of fused-ring (bicyclic) bond motifs is 8. The van der Waals surface area contributed by atoms with E-state index in [0.29, 0.717) is 0 Å². The van der Waals surface area contributed by atoms with E-state index in [4.69, 9.17) is 0 Å². The minimum Gasteiger partial charge on any atom is -0.0616 e. The fourth-order valence-corrected chi connectivity index (χ4v) is 7.31. The number of hydrogen-bond donors (Lipinski definition) is 0. The Kier molecular flexibility index (Phi) is 4.10. The molecule has 0 unspecified atom stereocenters. The molecule has 0 saturated carbocycles. The van der Waals surface area contributed by atoms with Gasteiger partial charge in [0.05, 0.1) is 0 Å². The maximum atomic E-state index is 2.49. The Morgan fingerprint density at radius 3 is 1.37 bits per heavy atom. The second-order valence-corrected chi connectivity index (χ2v) is 11.1. The molecular weight excluding hydrogens is 456 g/mol. The molecule has 38 heavy (non-hydrogen) atoms.